The number of rotatable bonds is 0. The third-order valence-electron chi connectivity index (χ3n) is 2.36. The van der Waals surface area contributed by atoms with Crippen LogP contribution in [0.15, 0.2) is 0 Å². The van der Waals surface area contributed by atoms with E-state index in [-0.39, 0.29) is 5.60 Å². The summed E-state index contributed by atoms with van der Waals surface area (Å²) in [4.78, 5) is 0. The highest BCUT2D eigenvalue weighted by molar-refractivity contribution is 6.18. The maximum absolute atomic E-state index is 5.60. The highest BCUT2D eigenvalue weighted by Gasteiger charge is 2.22. The first-order chi connectivity index (χ1) is 5.60. The molecule has 0 aromatic heterocycles. The van der Waals surface area contributed by atoms with Gasteiger partial charge in [-0.15, -0.1) is 0 Å². The van der Waals surface area contributed by atoms with Crippen molar-refractivity contribution in [2.24, 2.45) is 5.92 Å². The van der Waals surface area contributed by atoms with Gasteiger partial charge in [-0.25, -0.2) is 0 Å². The predicted molar refractivity (Wildman–Crippen MR) is 51.3 cm³/mol. The summed E-state index contributed by atoms with van der Waals surface area (Å²) in [5.74, 6) is 0.752. The fraction of sp³-hybridized carbons (Fsp3) is 1.00. The molecular formula is C9H19BO2. The third kappa shape index (κ3) is 3.59. The minimum absolute atomic E-state index is 0.0102. The Hall–Kier alpha value is -0.0151. The van der Waals surface area contributed by atoms with Crippen LogP contribution in [-0.2, 0) is 9.31 Å². The second-order valence-electron chi connectivity index (χ2n) is 4.38. The standard InChI is InChI=1S/C9H19BO2/c1-8-5-4-6-11-10-12-9(2,3)7-8/h8,10H,4-7H2,1-3H3. The van der Waals surface area contributed by atoms with Gasteiger partial charge in [-0.1, -0.05) is 6.92 Å². The van der Waals surface area contributed by atoms with E-state index in [1.165, 1.54) is 12.8 Å². The molecule has 0 aromatic carbocycles. The van der Waals surface area contributed by atoms with Crippen LogP contribution in [-0.4, -0.2) is 19.9 Å². The zero-order valence-corrected chi connectivity index (χ0v) is 8.43. The minimum Gasteiger partial charge on any atom is -0.414 e. The topological polar surface area (TPSA) is 18.5 Å². The SMILES string of the molecule is CC1CCCOBOC(C)(C)C1. The Bertz CT molecular complexity index is 136. The summed E-state index contributed by atoms with van der Waals surface area (Å²) in [7, 11) is 0.458. The molecule has 1 unspecified atom stereocenters. The fourth-order valence-electron chi connectivity index (χ4n) is 1.79. The third-order valence-corrected chi connectivity index (χ3v) is 2.36. The van der Waals surface area contributed by atoms with E-state index in [1.807, 2.05) is 0 Å². The van der Waals surface area contributed by atoms with Gasteiger partial charge in [0.05, 0.1) is 0 Å². The summed E-state index contributed by atoms with van der Waals surface area (Å²) in [5, 5.41) is 0. The second-order valence-corrected chi connectivity index (χ2v) is 4.38. The summed E-state index contributed by atoms with van der Waals surface area (Å²) in [6.07, 6.45) is 3.56. The van der Waals surface area contributed by atoms with Crippen LogP contribution in [0.2, 0.25) is 0 Å². The Kier molecular flexibility index (Phi) is 3.60. The van der Waals surface area contributed by atoms with E-state index in [1.54, 1.807) is 0 Å². The van der Waals surface area contributed by atoms with Gasteiger partial charge >= 0.3 is 7.69 Å². The second kappa shape index (κ2) is 4.29. The van der Waals surface area contributed by atoms with Crippen molar-refractivity contribution in [1.82, 2.24) is 0 Å². The molecule has 1 saturated heterocycles. The van der Waals surface area contributed by atoms with E-state index in [2.05, 4.69) is 20.8 Å². The molecule has 0 aliphatic carbocycles. The van der Waals surface area contributed by atoms with Crippen molar-refractivity contribution >= 4 is 7.69 Å². The first-order valence-corrected chi connectivity index (χ1v) is 4.82. The molecule has 12 heavy (non-hydrogen) atoms. The van der Waals surface area contributed by atoms with Crippen LogP contribution in [0.5, 0.6) is 0 Å². The van der Waals surface area contributed by atoms with Crippen LogP contribution in [0.1, 0.15) is 40.0 Å². The van der Waals surface area contributed by atoms with Crippen molar-refractivity contribution in [3.05, 3.63) is 0 Å². The average Bonchev–Trinajstić information content (AvgIpc) is 1.99. The first-order valence-electron chi connectivity index (χ1n) is 4.82. The molecule has 0 aromatic rings. The molecule has 2 nitrogen and oxygen atoms in total. The van der Waals surface area contributed by atoms with Gasteiger partial charge in [0.25, 0.3) is 0 Å². The number of hydrogen-bond donors (Lipinski definition) is 0. The van der Waals surface area contributed by atoms with Gasteiger partial charge in [0, 0.05) is 12.2 Å². The van der Waals surface area contributed by atoms with Gasteiger partial charge in [0.15, 0.2) is 0 Å². The van der Waals surface area contributed by atoms with Crippen molar-refractivity contribution in [3.8, 4) is 0 Å². The lowest BCUT2D eigenvalue weighted by Crippen LogP contribution is -2.28. The zero-order chi connectivity index (χ0) is 9.03. The predicted octanol–water partition coefficient (Wildman–Crippen LogP) is 1.88. The lowest BCUT2D eigenvalue weighted by atomic mass is 9.91. The van der Waals surface area contributed by atoms with Crippen molar-refractivity contribution in [2.75, 3.05) is 6.61 Å². The molecular weight excluding hydrogens is 151 g/mol. The maximum Gasteiger partial charge on any atom is 0.438 e. The lowest BCUT2D eigenvalue weighted by molar-refractivity contribution is 0.0673. The molecule has 70 valence electrons. The van der Waals surface area contributed by atoms with Crippen LogP contribution in [0.4, 0.5) is 0 Å². The zero-order valence-electron chi connectivity index (χ0n) is 8.43. The van der Waals surface area contributed by atoms with Crippen LogP contribution < -0.4 is 0 Å². The average molecular weight is 170 g/mol. The molecule has 0 amide bonds. The molecule has 1 aliphatic rings. The molecule has 0 N–H and O–H groups in total. The monoisotopic (exact) mass is 170 g/mol. The quantitative estimate of drug-likeness (QED) is 0.517. The maximum atomic E-state index is 5.60. The summed E-state index contributed by atoms with van der Waals surface area (Å²) in [6, 6.07) is 0. The highest BCUT2D eigenvalue weighted by atomic mass is 16.6. The van der Waals surface area contributed by atoms with Crippen molar-refractivity contribution < 1.29 is 9.31 Å². The van der Waals surface area contributed by atoms with E-state index in [0.717, 1.165) is 18.9 Å². The Labute approximate surface area is 75.9 Å². The lowest BCUT2D eigenvalue weighted by Gasteiger charge is -2.27. The molecule has 1 atom stereocenters. The Morgan fingerprint density at radius 2 is 2.17 bits per heavy atom. The van der Waals surface area contributed by atoms with Gasteiger partial charge in [-0.3, -0.25) is 0 Å². The smallest absolute Gasteiger partial charge is 0.414 e. The van der Waals surface area contributed by atoms with Gasteiger partial charge in [0.2, 0.25) is 0 Å². The van der Waals surface area contributed by atoms with E-state index in [4.69, 9.17) is 9.31 Å². The molecule has 1 aliphatic heterocycles. The highest BCUT2D eigenvalue weighted by Crippen LogP contribution is 2.24. The molecule has 0 spiro atoms. The minimum atomic E-state index is -0.0102. The summed E-state index contributed by atoms with van der Waals surface area (Å²) in [6.45, 7) is 7.41. The number of hydrogen-bond acceptors (Lipinski definition) is 2. The van der Waals surface area contributed by atoms with Gasteiger partial charge in [-0.2, -0.15) is 0 Å². The van der Waals surface area contributed by atoms with Gasteiger partial charge < -0.3 is 9.31 Å². The summed E-state index contributed by atoms with van der Waals surface area (Å²) >= 11 is 0. The van der Waals surface area contributed by atoms with E-state index in [0.29, 0.717) is 7.69 Å². The fourth-order valence-corrected chi connectivity index (χ4v) is 1.79. The van der Waals surface area contributed by atoms with E-state index >= 15 is 0 Å². The summed E-state index contributed by atoms with van der Waals surface area (Å²) < 4.78 is 10.9. The Balaban J connectivity index is 2.44. The Morgan fingerprint density at radius 3 is 2.92 bits per heavy atom. The van der Waals surface area contributed by atoms with Gasteiger partial charge in [-0.05, 0) is 39.0 Å². The van der Waals surface area contributed by atoms with Crippen LogP contribution in [0.25, 0.3) is 0 Å². The van der Waals surface area contributed by atoms with Crippen molar-refractivity contribution in [1.29, 1.82) is 0 Å². The Morgan fingerprint density at radius 1 is 1.42 bits per heavy atom. The largest absolute Gasteiger partial charge is 0.438 e. The molecule has 1 heterocycles. The summed E-state index contributed by atoms with van der Waals surface area (Å²) in [5.41, 5.74) is -0.0102. The van der Waals surface area contributed by atoms with Crippen molar-refractivity contribution in [3.63, 3.8) is 0 Å². The van der Waals surface area contributed by atoms with Crippen molar-refractivity contribution in [2.45, 2.75) is 45.6 Å². The molecule has 0 saturated carbocycles. The van der Waals surface area contributed by atoms with Crippen LogP contribution >= 0.6 is 0 Å². The normalized spacial score (nSPS) is 31.1. The van der Waals surface area contributed by atoms with Crippen LogP contribution in [0.3, 0.4) is 0 Å². The molecule has 0 radical (unpaired) electrons. The first kappa shape index (κ1) is 10.1. The molecule has 1 rings (SSSR count). The molecule has 1 fully saturated rings. The van der Waals surface area contributed by atoms with E-state index < -0.39 is 0 Å². The van der Waals surface area contributed by atoms with Gasteiger partial charge in [0.1, 0.15) is 0 Å². The van der Waals surface area contributed by atoms with E-state index in [9.17, 15) is 0 Å². The molecule has 0 bridgehead atoms. The molecule has 3 heteroatoms. The van der Waals surface area contributed by atoms with Crippen LogP contribution in [0, 0.1) is 5.92 Å².